The molecule has 0 bridgehead atoms. The van der Waals surface area contributed by atoms with Crippen molar-refractivity contribution in [2.24, 2.45) is 0 Å². The summed E-state index contributed by atoms with van der Waals surface area (Å²) in [6, 6.07) is 0. The van der Waals surface area contributed by atoms with Crippen molar-refractivity contribution in [2.75, 3.05) is 0 Å². The van der Waals surface area contributed by atoms with E-state index in [0.29, 0.717) is 0 Å². The topological polar surface area (TPSA) is 18.5 Å². The molecule has 0 unspecified atom stereocenters. The van der Waals surface area contributed by atoms with Gasteiger partial charge < -0.3 is 9.31 Å². The van der Waals surface area contributed by atoms with Gasteiger partial charge >= 0.3 is 7.12 Å². The van der Waals surface area contributed by atoms with E-state index in [0.717, 1.165) is 0 Å². The zero-order valence-electron chi connectivity index (χ0n) is 8.53. The Labute approximate surface area is 96.3 Å². The van der Waals surface area contributed by atoms with Crippen molar-refractivity contribution in [1.82, 2.24) is 0 Å². The summed E-state index contributed by atoms with van der Waals surface area (Å²) in [5.41, 5.74) is -1.13. The summed E-state index contributed by atoms with van der Waals surface area (Å²) in [6.07, 6.45) is -1.75. The highest BCUT2D eigenvalue weighted by Gasteiger charge is 2.53. The Morgan fingerprint density at radius 3 is 1.71 bits per heavy atom. The van der Waals surface area contributed by atoms with Crippen molar-refractivity contribution in [3.8, 4) is 0 Å². The Kier molecular flexibility index (Phi) is 3.29. The average Bonchev–Trinajstić information content (AvgIpc) is 2.20. The van der Waals surface area contributed by atoms with Gasteiger partial charge in [0.15, 0.2) is 0 Å². The Morgan fingerprint density at radius 1 is 1.07 bits per heavy atom. The van der Waals surface area contributed by atoms with Crippen LogP contribution in [0.4, 0.5) is 8.78 Å². The van der Waals surface area contributed by atoms with Gasteiger partial charge in [-0.25, -0.2) is 0 Å². The molecule has 0 N–H and O–H groups in total. The van der Waals surface area contributed by atoms with Crippen molar-refractivity contribution in [3.63, 3.8) is 0 Å². The molecule has 80 valence electrons. The lowest BCUT2D eigenvalue weighted by molar-refractivity contribution is 0.00578. The van der Waals surface area contributed by atoms with Gasteiger partial charge in [-0.2, -0.15) is 8.78 Å². The van der Waals surface area contributed by atoms with E-state index in [-0.39, 0.29) is 3.48 Å². The Morgan fingerprint density at radius 2 is 1.43 bits per heavy atom. The SMILES string of the molecule is CC1(C)OB(C(I)=C(F)F)OC1(C)C. The standard InChI is InChI=1S/C8H12BF2IO2/c1-7(2)8(3,4)14-9(13-7)5(12)6(10)11/h1-4H3. The second-order valence-electron chi connectivity index (χ2n) is 4.20. The van der Waals surface area contributed by atoms with Crippen molar-refractivity contribution in [1.29, 1.82) is 0 Å². The predicted molar refractivity (Wildman–Crippen MR) is 59.3 cm³/mol. The first-order valence-electron chi connectivity index (χ1n) is 4.24. The van der Waals surface area contributed by atoms with E-state index < -0.39 is 24.4 Å². The van der Waals surface area contributed by atoms with E-state index in [2.05, 4.69) is 0 Å². The van der Waals surface area contributed by atoms with E-state index >= 15 is 0 Å². The molecular formula is C8H12BF2IO2. The third-order valence-corrected chi connectivity index (χ3v) is 3.56. The van der Waals surface area contributed by atoms with E-state index in [4.69, 9.17) is 9.31 Å². The van der Waals surface area contributed by atoms with E-state index in [1.54, 1.807) is 22.6 Å². The zero-order valence-corrected chi connectivity index (χ0v) is 10.7. The minimum Gasteiger partial charge on any atom is -0.399 e. The Balaban J connectivity index is 2.89. The molecule has 2 nitrogen and oxygen atoms in total. The molecule has 0 aliphatic carbocycles. The van der Waals surface area contributed by atoms with Crippen LogP contribution in [0, 0.1) is 0 Å². The molecule has 0 aromatic heterocycles. The normalized spacial score (nSPS) is 23.8. The lowest BCUT2D eigenvalue weighted by atomic mass is 9.90. The second-order valence-corrected chi connectivity index (χ2v) is 5.36. The highest BCUT2D eigenvalue weighted by molar-refractivity contribution is 14.1. The van der Waals surface area contributed by atoms with Crippen LogP contribution in [0.5, 0.6) is 0 Å². The first kappa shape index (κ1) is 12.4. The smallest absolute Gasteiger partial charge is 0.399 e. The summed E-state index contributed by atoms with van der Waals surface area (Å²) in [4.78, 5) is 0. The summed E-state index contributed by atoms with van der Waals surface area (Å²) in [7, 11) is -0.939. The lowest BCUT2D eigenvalue weighted by Gasteiger charge is -2.32. The van der Waals surface area contributed by atoms with Crippen molar-refractivity contribution in [3.05, 3.63) is 9.56 Å². The number of hydrogen-bond acceptors (Lipinski definition) is 2. The summed E-state index contributed by atoms with van der Waals surface area (Å²) in [6.45, 7) is 7.31. The van der Waals surface area contributed by atoms with Gasteiger partial charge in [0.25, 0.3) is 6.08 Å². The van der Waals surface area contributed by atoms with E-state index in [1.165, 1.54) is 0 Å². The summed E-state index contributed by atoms with van der Waals surface area (Å²) in [5, 5.41) is 0. The fourth-order valence-corrected chi connectivity index (χ4v) is 1.29. The maximum absolute atomic E-state index is 12.3. The van der Waals surface area contributed by atoms with Gasteiger partial charge in [-0.15, -0.1) is 0 Å². The van der Waals surface area contributed by atoms with Gasteiger partial charge in [0.1, 0.15) is 0 Å². The Bertz CT molecular complexity index is 259. The minimum absolute atomic E-state index is 0.179. The predicted octanol–water partition coefficient (Wildman–Crippen LogP) is 3.16. The van der Waals surface area contributed by atoms with Gasteiger partial charge in [-0.1, -0.05) is 0 Å². The highest BCUT2D eigenvalue weighted by Crippen LogP contribution is 2.40. The molecule has 14 heavy (non-hydrogen) atoms. The molecule has 0 amide bonds. The fourth-order valence-electron chi connectivity index (χ4n) is 1.04. The molecule has 0 atom stereocenters. The molecular weight excluding hydrogens is 304 g/mol. The quantitative estimate of drug-likeness (QED) is 0.546. The van der Waals surface area contributed by atoms with Crippen LogP contribution < -0.4 is 0 Å². The molecule has 0 saturated carbocycles. The number of halogens is 3. The van der Waals surface area contributed by atoms with Crippen LogP contribution in [0.15, 0.2) is 9.56 Å². The van der Waals surface area contributed by atoms with Gasteiger partial charge in [-0.3, -0.25) is 0 Å². The highest BCUT2D eigenvalue weighted by atomic mass is 127. The Hall–Kier alpha value is 0.315. The average molecular weight is 316 g/mol. The molecule has 0 aromatic carbocycles. The molecule has 0 spiro atoms. The maximum Gasteiger partial charge on any atom is 0.506 e. The second kappa shape index (κ2) is 3.71. The maximum atomic E-state index is 12.3. The van der Waals surface area contributed by atoms with Crippen LogP contribution in [0.25, 0.3) is 0 Å². The van der Waals surface area contributed by atoms with Crippen molar-refractivity contribution in [2.45, 2.75) is 38.9 Å². The molecule has 1 saturated heterocycles. The summed E-state index contributed by atoms with van der Waals surface area (Å²) >= 11 is 1.55. The molecule has 1 aliphatic heterocycles. The van der Waals surface area contributed by atoms with Crippen LogP contribution in [-0.4, -0.2) is 18.3 Å². The van der Waals surface area contributed by atoms with Crippen LogP contribution >= 0.6 is 22.6 Å². The van der Waals surface area contributed by atoms with Crippen LogP contribution in [0.1, 0.15) is 27.7 Å². The summed E-state index contributed by atoms with van der Waals surface area (Å²) < 4.78 is 35.3. The number of rotatable bonds is 1. The van der Waals surface area contributed by atoms with E-state index in [9.17, 15) is 8.78 Å². The number of hydrogen-bond donors (Lipinski definition) is 0. The molecule has 1 heterocycles. The van der Waals surface area contributed by atoms with Gasteiger partial charge in [0, 0.05) is 0 Å². The van der Waals surface area contributed by atoms with Crippen molar-refractivity contribution < 1.29 is 18.1 Å². The largest absolute Gasteiger partial charge is 0.506 e. The fraction of sp³-hybridized carbons (Fsp3) is 0.750. The van der Waals surface area contributed by atoms with Gasteiger partial charge in [0.05, 0.1) is 14.7 Å². The van der Waals surface area contributed by atoms with Gasteiger partial charge in [0.2, 0.25) is 0 Å². The first-order chi connectivity index (χ1) is 6.17. The molecule has 0 radical (unpaired) electrons. The van der Waals surface area contributed by atoms with Crippen LogP contribution in [0.3, 0.4) is 0 Å². The first-order valence-corrected chi connectivity index (χ1v) is 5.31. The third kappa shape index (κ3) is 2.11. The minimum atomic E-state index is -1.75. The zero-order chi connectivity index (χ0) is 11.1. The molecule has 1 fully saturated rings. The van der Waals surface area contributed by atoms with Crippen LogP contribution in [-0.2, 0) is 9.31 Å². The molecule has 1 rings (SSSR count). The summed E-state index contributed by atoms with van der Waals surface area (Å²) in [5.74, 6) is 0. The van der Waals surface area contributed by atoms with E-state index in [1.807, 2.05) is 27.7 Å². The molecule has 6 heteroatoms. The van der Waals surface area contributed by atoms with Gasteiger partial charge in [-0.05, 0) is 50.3 Å². The molecule has 1 aliphatic rings. The lowest BCUT2D eigenvalue weighted by Crippen LogP contribution is -2.41. The van der Waals surface area contributed by atoms with Crippen LogP contribution in [0.2, 0.25) is 0 Å². The molecule has 0 aromatic rings. The third-order valence-electron chi connectivity index (χ3n) is 2.64. The van der Waals surface area contributed by atoms with Crippen molar-refractivity contribution >= 4 is 29.7 Å². The monoisotopic (exact) mass is 316 g/mol.